The van der Waals surface area contributed by atoms with E-state index >= 15 is 0 Å². The topological polar surface area (TPSA) is 69.6 Å². The van der Waals surface area contributed by atoms with E-state index < -0.39 is 20.3 Å². The highest BCUT2D eigenvalue weighted by Gasteiger charge is 2.59. The van der Waals surface area contributed by atoms with E-state index in [1.54, 1.807) is 0 Å². The van der Waals surface area contributed by atoms with Crippen molar-refractivity contribution in [2.45, 2.75) is 82.5 Å². The van der Waals surface area contributed by atoms with E-state index in [1.807, 2.05) is 31.0 Å². The zero-order valence-electron chi connectivity index (χ0n) is 21.9. The standard InChI is InChI=1S/C28H39NO6Si/c1-27(2,3)36(21-12-8-6-9-13-21,22-14-10-7-11-15-22)31-19-23-24-25(34-28(4,5)33-24)26(32-23)29-17-16-20(18-30)35-29/h6-15,20,23-26,30H,16-19H2,1-5H3/t20-,23-,24+,25+,26-/m1/s1. The molecule has 3 saturated heterocycles. The fraction of sp³-hybridized carbons (Fsp3) is 0.571. The summed E-state index contributed by atoms with van der Waals surface area (Å²) in [6.07, 6.45) is -0.775. The number of fused-ring (bicyclic) bond motifs is 1. The molecule has 196 valence electrons. The van der Waals surface area contributed by atoms with Gasteiger partial charge >= 0.3 is 0 Å². The van der Waals surface area contributed by atoms with E-state index in [0.29, 0.717) is 13.2 Å². The Labute approximate surface area is 215 Å². The second-order valence-corrected chi connectivity index (χ2v) is 15.7. The molecule has 0 spiro atoms. The van der Waals surface area contributed by atoms with Gasteiger partial charge in [0.25, 0.3) is 8.32 Å². The normalized spacial score (nSPS) is 30.6. The Morgan fingerprint density at radius 3 is 2.08 bits per heavy atom. The van der Waals surface area contributed by atoms with Crippen LogP contribution in [0, 0.1) is 0 Å². The van der Waals surface area contributed by atoms with Crippen LogP contribution in [0.25, 0.3) is 0 Å². The first-order valence-corrected chi connectivity index (χ1v) is 14.9. The number of aliphatic hydroxyl groups is 1. The van der Waals surface area contributed by atoms with Crippen molar-refractivity contribution in [2.24, 2.45) is 0 Å². The molecular weight excluding hydrogens is 474 g/mol. The zero-order chi connectivity index (χ0) is 25.6. The van der Waals surface area contributed by atoms with Crippen LogP contribution in [-0.2, 0) is 23.5 Å². The lowest BCUT2D eigenvalue weighted by molar-refractivity contribution is -0.277. The number of hydrogen-bond donors (Lipinski definition) is 1. The minimum atomic E-state index is -2.72. The molecule has 5 atom stereocenters. The van der Waals surface area contributed by atoms with Gasteiger partial charge < -0.3 is 23.7 Å². The lowest BCUT2D eigenvalue weighted by Crippen LogP contribution is -2.67. The van der Waals surface area contributed by atoms with Crippen molar-refractivity contribution in [3.05, 3.63) is 60.7 Å². The van der Waals surface area contributed by atoms with Crippen molar-refractivity contribution in [2.75, 3.05) is 19.8 Å². The molecule has 2 aromatic carbocycles. The summed E-state index contributed by atoms with van der Waals surface area (Å²) in [5, 5.41) is 13.7. The lowest BCUT2D eigenvalue weighted by Gasteiger charge is -2.43. The van der Waals surface area contributed by atoms with Gasteiger partial charge in [-0.1, -0.05) is 81.4 Å². The maximum absolute atomic E-state index is 9.55. The van der Waals surface area contributed by atoms with Gasteiger partial charge in [0.1, 0.15) is 24.4 Å². The lowest BCUT2D eigenvalue weighted by atomic mass is 10.1. The molecule has 7 nitrogen and oxygen atoms in total. The van der Waals surface area contributed by atoms with Crippen LogP contribution < -0.4 is 10.4 Å². The minimum absolute atomic E-state index is 0.0133. The van der Waals surface area contributed by atoms with Crippen LogP contribution in [0.2, 0.25) is 5.04 Å². The molecule has 0 radical (unpaired) electrons. The highest BCUT2D eigenvalue weighted by Crippen LogP contribution is 2.42. The SMILES string of the molecule is CC1(C)O[C@@H]2[C@H](O1)[C@H](N1CC[C@H](CO)O1)O[C@@H]2CO[Si](c1ccccc1)(c1ccccc1)C(C)(C)C. The summed E-state index contributed by atoms with van der Waals surface area (Å²) < 4.78 is 26.3. The molecule has 36 heavy (non-hydrogen) atoms. The minimum Gasteiger partial charge on any atom is -0.405 e. The van der Waals surface area contributed by atoms with Gasteiger partial charge in [-0.05, 0) is 35.7 Å². The Kier molecular flexibility index (Phi) is 7.17. The average Bonchev–Trinajstić information content (AvgIpc) is 3.53. The van der Waals surface area contributed by atoms with E-state index in [0.717, 1.165) is 6.42 Å². The Balaban J connectivity index is 1.45. The Bertz CT molecular complexity index is 974. The summed E-state index contributed by atoms with van der Waals surface area (Å²) in [6.45, 7) is 11.7. The molecular formula is C28H39NO6Si. The fourth-order valence-corrected chi connectivity index (χ4v) is 10.4. The highest BCUT2D eigenvalue weighted by molar-refractivity contribution is 6.99. The van der Waals surface area contributed by atoms with Crippen LogP contribution in [0.15, 0.2) is 60.7 Å². The van der Waals surface area contributed by atoms with Gasteiger partial charge in [-0.2, -0.15) is 5.06 Å². The maximum Gasteiger partial charge on any atom is 0.261 e. The summed E-state index contributed by atoms with van der Waals surface area (Å²) >= 11 is 0. The Morgan fingerprint density at radius 2 is 1.56 bits per heavy atom. The van der Waals surface area contributed by atoms with E-state index in [4.69, 9.17) is 23.5 Å². The van der Waals surface area contributed by atoms with Crippen molar-refractivity contribution in [3.63, 3.8) is 0 Å². The molecule has 5 rings (SSSR count). The molecule has 8 heteroatoms. The largest absolute Gasteiger partial charge is 0.405 e. The molecule has 0 unspecified atom stereocenters. The van der Waals surface area contributed by atoms with Crippen molar-refractivity contribution in [1.82, 2.24) is 5.06 Å². The molecule has 0 aromatic heterocycles. The van der Waals surface area contributed by atoms with Gasteiger partial charge in [0.05, 0.1) is 13.2 Å². The number of benzene rings is 2. The first-order valence-electron chi connectivity index (χ1n) is 12.9. The molecule has 0 amide bonds. The van der Waals surface area contributed by atoms with Crippen molar-refractivity contribution >= 4 is 18.7 Å². The average molecular weight is 514 g/mol. The summed E-state index contributed by atoms with van der Waals surface area (Å²) in [7, 11) is -2.72. The van der Waals surface area contributed by atoms with E-state index in [9.17, 15) is 5.11 Å². The first-order chi connectivity index (χ1) is 17.1. The third kappa shape index (κ3) is 4.70. The van der Waals surface area contributed by atoms with Crippen LogP contribution in [0.5, 0.6) is 0 Å². The summed E-state index contributed by atoms with van der Waals surface area (Å²) in [6, 6.07) is 21.2. The fourth-order valence-electron chi connectivity index (χ4n) is 5.87. The summed E-state index contributed by atoms with van der Waals surface area (Å²) in [4.78, 5) is 5.95. The predicted octanol–water partition coefficient (Wildman–Crippen LogP) is 2.81. The molecule has 0 aliphatic carbocycles. The molecule has 3 fully saturated rings. The van der Waals surface area contributed by atoms with Crippen LogP contribution in [-0.4, -0.2) is 74.7 Å². The quantitative estimate of drug-likeness (QED) is 0.571. The van der Waals surface area contributed by atoms with Crippen LogP contribution in [0.1, 0.15) is 41.0 Å². The first kappa shape index (κ1) is 26.0. The number of aliphatic hydroxyl groups excluding tert-OH is 1. The molecule has 3 heterocycles. The van der Waals surface area contributed by atoms with Gasteiger partial charge in [-0.3, -0.25) is 4.84 Å². The van der Waals surface area contributed by atoms with Crippen molar-refractivity contribution in [1.29, 1.82) is 0 Å². The van der Waals surface area contributed by atoms with Crippen LogP contribution >= 0.6 is 0 Å². The Morgan fingerprint density at radius 1 is 0.972 bits per heavy atom. The third-order valence-electron chi connectivity index (χ3n) is 7.45. The number of rotatable bonds is 7. The second kappa shape index (κ2) is 9.92. The van der Waals surface area contributed by atoms with Gasteiger partial charge in [0.2, 0.25) is 0 Å². The van der Waals surface area contributed by atoms with Crippen LogP contribution in [0.3, 0.4) is 0 Å². The monoisotopic (exact) mass is 513 g/mol. The summed E-state index contributed by atoms with van der Waals surface area (Å²) in [5.41, 5.74) is 0. The molecule has 0 saturated carbocycles. The smallest absolute Gasteiger partial charge is 0.261 e. The molecule has 3 aliphatic heterocycles. The molecule has 0 bridgehead atoms. The second-order valence-electron chi connectivity index (χ2n) is 11.4. The predicted molar refractivity (Wildman–Crippen MR) is 139 cm³/mol. The number of nitrogens with zero attached hydrogens (tertiary/aromatic N) is 1. The van der Waals surface area contributed by atoms with Crippen molar-refractivity contribution < 1.29 is 28.6 Å². The van der Waals surface area contributed by atoms with E-state index in [-0.39, 0.29) is 36.1 Å². The van der Waals surface area contributed by atoms with Gasteiger partial charge in [-0.25, -0.2) is 0 Å². The molecule has 3 aliphatic rings. The van der Waals surface area contributed by atoms with Crippen LogP contribution in [0.4, 0.5) is 0 Å². The summed E-state index contributed by atoms with van der Waals surface area (Å²) in [5.74, 6) is -0.719. The van der Waals surface area contributed by atoms with Crippen molar-refractivity contribution in [3.8, 4) is 0 Å². The van der Waals surface area contributed by atoms with E-state index in [2.05, 4.69) is 69.3 Å². The highest BCUT2D eigenvalue weighted by atomic mass is 28.4. The van der Waals surface area contributed by atoms with Gasteiger partial charge in [0, 0.05) is 6.54 Å². The number of ether oxygens (including phenoxy) is 3. The maximum atomic E-state index is 9.55. The number of hydroxylamine groups is 2. The van der Waals surface area contributed by atoms with Gasteiger partial charge in [-0.15, -0.1) is 0 Å². The molecule has 1 N–H and O–H groups in total. The Hall–Kier alpha value is -1.62. The van der Waals surface area contributed by atoms with Gasteiger partial charge in [0.15, 0.2) is 12.0 Å². The number of hydrogen-bond acceptors (Lipinski definition) is 7. The van der Waals surface area contributed by atoms with E-state index in [1.165, 1.54) is 10.4 Å². The third-order valence-corrected chi connectivity index (χ3v) is 12.5. The zero-order valence-corrected chi connectivity index (χ0v) is 22.9. The molecule has 2 aromatic rings.